The molecular formula is C12H13N3O. The lowest BCUT2D eigenvalue weighted by Gasteiger charge is -2.10. The number of aromatic nitrogens is 2. The number of ether oxygens (including phenoxy) is 1. The maximum Gasteiger partial charge on any atom is 0.187 e. The Bertz CT molecular complexity index is 471. The fraction of sp³-hybridized carbons (Fsp3) is 0.167. The third-order valence-electron chi connectivity index (χ3n) is 2.29. The minimum absolute atomic E-state index is 0.663. The van der Waals surface area contributed by atoms with Crippen molar-refractivity contribution in [3.05, 3.63) is 36.7 Å². The Morgan fingerprint density at radius 1 is 1.12 bits per heavy atom. The molecule has 0 atom stereocenters. The SMILES string of the molecule is CNc1ncnc(-c2ccccc2)c1OC. The molecule has 1 aromatic heterocycles. The summed E-state index contributed by atoms with van der Waals surface area (Å²) in [5.41, 5.74) is 1.81. The number of anilines is 1. The molecule has 0 saturated heterocycles. The van der Waals surface area contributed by atoms with Crippen LogP contribution in [0.15, 0.2) is 36.7 Å². The summed E-state index contributed by atoms with van der Waals surface area (Å²) in [6.45, 7) is 0. The number of methoxy groups -OCH3 is 1. The van der Waals surface area contributed by atoms with Crippen LogP contribution < -0.4 is 10.1 Å². The Labute approximate surface area is 94.3 Å². The first kappa shape index (κ1) is 10.4. The number of nitrogens with zero attached hydrogens (tertiary/aromatic N) is 2. The second-order valence-electron chi connectivity index (χ2n) is 3.22. The lowest BCUT2D eigenvalue weighted by molar-refractivity contribution is 0.415. The maximum absolute atomic E-state index is 5.33. The molecule has 1 heterocycles. The van der Waals surface area contributed by atoms with Gasteiger partial charge in [-0.2, -0.15) is 0 Å². The molecule has 2 rings (SSSR count). The van der Waals surface area contributed by atoms with E-state index in [9.17, 15) is 0 Å². The van der Waals surface area contributed by atoms with E-state index in [0.717, 1.165) is 11.3 Å². The van der Waals surface area contributed by atoms with Gasteiger partial charge in [-0.25, -0.2) is 9.97 Å². The van der Waals surface area contributed by atoms with E-state index in [4.69, 9.17) is 4.74 Å². The molecule has 4 nitrogen and oxygen atoms in total. The van der Waals surface area contributed by atoms with Gasteiger partial charge in [-0.1, -0.05) is 30.3 Å². The van der Waals surface area contributed by atoms with Gasteiger partial charge in [-0.05, 0) is 0 Å². The molecule has 1 aromatic carbocycles. The average Bonchev–Trinajstić information content (AvgIpc) is 2.38. The highest BCUT2D eigenvalue weighted by Gasteiger charge is 2.11. The molecule has 0 aliphatic carbocycles. The third-order valence-corrected chi connectivity index (χ3v) is 2.29. The molecule has 0 saturated carbocycles. The van der Waals surface area contributed by atoms with E-state index >= 15 is 0 Å². The summed E-state index contributed by atoms with van der Waals surface area (Å²) >= 11 is 0. The monoisotopic (exact) mass is 215 g/mol. The summed E-state index contributed by atoms with van der Waals surface area (Å²) in [4.78, 5) is 8.36. The Balaban J connectivity index is 2.57. The van der Waals surface area contributed by atoms with Crippen molar-refractivity contribution >= 4 is 5.82 Å². The van der Waals surface area contributed by atoms with Crippen molar-refractivity contribution in [2.24, 2.45) is 0 Å². The molecule has 0 radical (unpaired) electrons. The van der Waals surface area contributed by atoms with Crippen molar-refractivity contribution in [1.82, 2.24) is 9.97 Å². The molecule has 82 valence electrons. The highest BCUT2D eigenvalue weighted by Crippen LogP contribution is 2.32. The van der Waals surface area contributed by atoms with Crippen molar-refractivity contribution < 1.29 is 4.74 Å². The zero-order chi connectivity index (χ0) is 11.4. The first-order valence-electron chi connectivity index (χ1n) is 4.99. The second-order valence-corrected chi connectivity index (χ2v) is 3.22. The van der Waals surface area contributed by atoms with Gasteiger partial charge in [0.1, 0.15) is 12.0 Å². The fourth-order valence-corrected chi connectivity index (χ4v) is 1.55. The van der Waals surface area contributed by atoms with Crippen LogP contribution in [0.25, 0.3) is 11.3 Å². The zero-order valence-electron chi connectivity index (χ0n) is 9.27. The number of hydrogen-bond acceptors (Lipinski definition) is 4. The molecule has 0 aliphatic heterocycles. The highest BCUT2D eigenvalue weighted by atomic mass is 16.5. The van der Waals surface area contributed by atoms with Crippen molar-refractivity contribution in [3.8, 4) is 17.0 Å². The van der Waals surface area contributed by atoms with E-state index in [1.807, 2.05) is 30.3 Å². The summed E-state index contributed by atoms with van der Waals surface area (Å²) in [6, 6.07) is 9.89. The van der Waals surface area contributed by atoms with E-state index in [0.29, 0.717) is 11.6 Å². The fourth-order valence-electron chi connectivity index (χ4n) is 1.55. The Hall–Kier alpha value is -2.10. The summed E-state index contributed by atoms with van der Waals surface area (Å²) in [5, 5.41) is 2.98. The van der Waals surface area contributed by atoms with Crippen LogP contribution in [0.5, 0.6) is 5.75 Å². The maximum atomic E-state index is 5.33. The highest BCUT2D eigenvalue weighted by molar-refractivity contribution is 5.72. The molecule has 2 aromatic rings. The van der Waals surface area contributed by atoms with Gasteiger partial charge in [-0.3, -0.25) is 0 Å². The van der Waals surface area contributed by atoms with E-state index in [-0.39, 0.29) is 0 Å². The molecule has 0 spiro atoms. The Morgan fingerprint density at radius 3 is 2.50 bits per heavy atom. The van der Waals surface area contributed by atoms with E-state index in [2.05, 4.69) is 15.3 Å². The third kappa shape index (κ3) is 1.82. The summed E-state index contributed by atoms with van der Waals surface area (Å²) < 4.78 is 5.33. The zero-order valence-corrected chi connectivity index (χ0v) is 9.27. The molecule has 1 N–H and O–H groups in total. The predicted octanol–water partition coefficient (Wildman–Crippen LogP) is 2.19. The first-order chi connectivity index (χ1) is 7.86. The Morgan fingerprint density at radius 2 is 1.88 bits per heavy atom. The smallest absolute Gasteiger partial charge is 0.187 e. The molecule has 0 amide bonds. The van der Waals surface area contributed by atoms with Crippen LogP contribution in [-0.4, -0.2) is 24.1 Å². The van der Waals surface area contributed by atoms with Gasteiger partial charge < -0.3 is 10.1 Å². The van der Waals surface area contributed by atoms with Crippen molar-refractivity contribution in [2.75, 3.05) is 19.5 Å². The van der Waals surface area contributed by atoms with Crippen molar-refractivity contribution in [2.45, 2.75) is 0 Å². The number of hydrogen-bond donors (Lipinski definition) is 1. The second kappa shape index (κ2) is 4.61. The molecular weight excluding hydrogens is 202 g/mol. The molecule has 16 heavy (non-hydrogen) atoms. The minimum Gasteiger partial charge on any atom is -0.491 e. The Kier molecular flexibility index (Phi) is 3.00. The van der Waals surface area contributed by atoms with Crippen LogP contribution in [-0.2, 0) is 0 Å². The lowest BCUT2D eigenvalue weighted by atomic mass is 10.1. The first-order valence-corrected chi connectivity index (χ1v) is 4.99. The quantitative estimate of drug-likeness (QED) is 0.852. The number of nitrogens with one attached hydrogen (secondary N) is 1. The van der Waals surface area contributed by atoms with Gasteiger partial charge >= 0.3 is 0 Å². The summed E-state index contributed by atoms with van der Waals surface area (Å²) in [7, 11) is 3.42. The van der Waals surface area contributed by atoms with E-state index in [1.165, 1.54) is 6.33 Å². The van der Waals surface area contributed by atoms with Crippen LogP contribution in [0.4, 0.5) is 5.82 Å². The molecule has 0 aliphatic rings. The van der Waals surface area contributed by atoms with E-state index < -0.39 is 0 Å². The number of benzene rings is 1. The van der Waals surface area contributed by atoms with Crippen LogP contribution in [0.3, 0.4) is 0 Å². The largest absolute Gasteiger partial charge is 0.491 e. The minimum atomic E-state index is 0.663. The van der Waals surface area contributed by atoms with Crippen LogP contribution in [0, 0.1) is 0 Å². The normalized spacial score (nSPS) is 9.88. The molecule has 0 bridgehead atoms. The molecule has 4 heteroatoms. The van der Waals surface area contributed by atoms with Gasteiger partial charge in [0.25, 0.3) is 0 Å². The van der Waals surface area contributed by atoms with Crippen LogP contribution in [0.1, 0.15) is 0 Å². The van der Waals surface area contributed by atoms with Gasteiger partial charge in [0.05, 0.1) is 7.11 Å². The topological polar surface area (TPSA) is 47.0 Å². The van der Waals surface area contributed by atoms with Crippen molar-refractivity contribution in [3.63, 3.8) is 0 Å². The van der Waals surface area contributed by atoms with Gasteiger partial charge in [-0.15, -0.1) is 0 Å². The summed E-state index contributed by atoms with van der Waals surface area (Å²) in [6.07, 6.45) is 1.52. The van der Waals surface area contributed by atoms with Gasteiger partial charge in [0.15, 0.2) is 11.6 Å². The summed E-state index contributed by atoms with van der Waals surface area (Å²) in [5.74, 6) is 1.35. The molecule has 0 fully saturated rings. The van der Waals surface area contributed by atoms with Crippen LogP contribution in [0.2, 0.25) is 0 Å². The standard InChI is InChI=1S/C12H13N3O/c1-13-12-11(16-2)10(14-8-15-12)9-6-4-3-5-7-9/h3-8H,1-2H3,(H,13,14,15). The van der Waals surface area contributed by atoms with E-state index in [1.54, 1.807) is 14.2 Å². The molecule has 0 unspecified atom stereocenters. The van der Waals surface area contributed by atoms with Gasteiger partial charge in [0, 0.05) is 12.6 Å². The van der Waals surface area contributed by atoms with Gasteiger partial charge in [0.2, 0.25) is 0 Å². The van der Waals surface area contributed by atoms with Crippen LogP contribution >= 0.6 is 0 Å². The lowest BCUT2D eigenvalue weighted by Crippen LogP contribution is -2.00. The van der Waals surface area contributed by atoms with Crippen molar-refractivity contribution in [1.29, 1.82) is 0 Å². The average molecular weight is 215 g/mol. The predicted molar refractivity (Wildman–Crippen MR) is 63.6 cm³/mol. The number of rotatable bonds is 3.